The van der Waals surface area contributed by atoms with E-state index in [0.29, 0.717) is 22.8 Å². The largest absolute Gasteiger partial charge is 0.382 e. The molecule has 0 aliphatic carbocycles. The number of nitrogens with zero attached hydrogens (tertiary/aromatic N) is 3. The van der Waals surface area contributed by atoms with Gasteiger partial charge in [-0.05, 0) is 44.5 Å². The number of nitrogens with one attached hydrogen (secondary N) is 1. The summed E-state index contributed by atoms with van der Waals surface area (Å²) in [7, 11) is -3.35. The van der Waals surface area contributed by atoms with Crippen molar-refractivity contribution in [1.29, 1.82) is 0 Å². The van der Waals surface area contributed by atoms with Crippen molar-refractivity contribution in [2.24, 2.45) is 0 Å². The third-order valence-corrected chi connectivity index (χ3v) is 8.35. The van der Waals surface area contributed by atoms with Crippen molar-refractivity contribution >= 4 is 15.7 Å². The lowest BCUT2D eigenvalue weighted by Crippen LogP contribution is -2.14. The fraction of sp³-hybridized carbons (Fsp3) is 0.321. The molecule has 4 rings (SSSR count). The fourth-order valence-corrected chi connectivity index (χ4v) is 4.92. The van der Waals surface area contributed by atoms with Gasteiger partial charge < -0.3 is 15.6 Å². The molecule has 0 fully saturated rings. The molecule has 2 heterocycles. The highest BCUT2D eigenvalue weighted by Gasteiger charge is 2.20. The molecule has 0 spiro atoms. The van der Waals surface area contributed by atoms with Crippen molar-refractivity contribution in [2.75, 3.05) is 12.3 Å². The number of rotatable bonds is 11. The highest BCUT2D eigenvalue weighted by molar-refractivity contribution is 7.92. The van der Waals surface area contributed by atoms with E-state index in [9.17, 15) is 8.42 Å². The van der Waals surface area contributed by atoms with E-state index in [4.69, 9.17) is 10.3 Å². The minimum atomic E-state index is -3.35. The van der Waals surface area contributed by atoms with Crippen LogP contribution in [-0.2, 0) is 16.4 Å². The van der Waals surface area contributed by atoms with E-state index in [1.807, 2.05) is 12.1 Å². The van der Waals surface area contributed by atoms with Crippen LogP contribution in [0.5, 0.6) is 0 Å². The Morgan fingerprint density at radius 2 is 1.65 bits per heavy atom. The maximum Gasteiger partial charge on any atom is 0.189 e. The summed E-state index contributed by atoms with van der Waals surface area (Å²) in [5.41, 5.74) is 10.6. The van der Waals surface area contributed by atoms with Crippen molar-refractivity contribution in [2.45, 2.75) is 56.7 Å². The highest BCUT2D eigenvalue weighted by Crippen LogP contribution is 2.30. The molecule has 194 valence electrons. The zero-order chi connectivity index (χ0) is 26.4. The van der Waals surface area contributed by atoms with Gasteiger partial charge in [0, 0.05) is 23.7 Å². The number of anilines is 1. The van der Waals surface area contributed by atoms with Gasteiger partial charge in [0.25, 0.3) is 0 Å². The SMILES string of the molecule is CCCCCNCc1ccc(-c2cc(-c3nc(-c4ccc(S(=O)(=O)C(C)C)cc4)cnc3N)on2)cc1. The van der Waals surface area contributed by atoms with Crippen LogP contribution in [0.4, 0.5) is 5.82 Å². The Balaban J connectivity index is 1.50. The topological polar surface area (TPSA) is 124 Å². The summed E-state index contributed by atoms with van der Waals surface area (Å²) < 4.78 is 30.4. The molecule has 37 heavy (non-hydrogen) atoms. The Kier molecular flexibility index (Phi) is 8.35. The summed E-state index contributed by atoms with van der Waals surface area (Å²) in [6.45, 7) is 7.37. The number of nitrogen functional groups attached to an aromatic ring is 1. The molecule has 4 aromatic rings. The normalized spacial score (nSPS) is 11.8. The minimum Gasteiger partial charge on any atom is -0.382 e. The van der Waals surface area contributed by atoms with Crippen LogP contribution in [0.2, 0.25) is 0 Å². The van der Waals surface area contributed by atoms with E-state index in [2.05, 4.69) is 39.5 Å². The van der Waals surface area contributed by atoms with E-state index in [1.54, 1.807) is 50.4 Å². The monoisotopic (exact) mass is 519 g/mol. The summed E-state index contributed by atoms with van der Waals surface area (Å²) in [5.74, 6) is 0.623. The van der Waals surface area contributed by atoms with E-state index in [-0.39, 0.29) is 10.7 Å². The molecule has 0 aliphatic rings. The Morgan fingerprint density at radius 3 is 2.32 bits per heavy atom. The standard InChI is InChI=1S/C28H33N5O3S/c1-4-5-6-15-30-17-20-7-9-21(10-8-20)24-16-26(36-33-24)27-28(29)31-18-25(32-27)22-11-13-23(14-12-22)37(34,35)19(2)3/h7-14,16,18-19,30H,4-6,15,17H2,1-3H3,(H2,29,31). The Labute approximate surface area is 218 Å². The molecule has 0 saturated heterocycles. The average Bonchev–Trinajstić information content (AvgIpc) is 3.39. The van der Waals surface area contributed by atoms with Crippen molar-refractivity contribution in [3.05, 3.63) is 66.4 Å². The summed E-state index contributed by atoms with van der Waals surface area (Å²) in [6, 6.07) is 16.6. The molecule has 0 atom stereocenters. The molecule has 2 aromatic carbocycles. The van der Waals surface area contributed by atoms with Crippen LogP contribution in [0.1, 0.15) is 45.6 Å². The van der Waals surface area contributed by atoms with Gasteiger partial charge in [0.1, 0.15) is 5.69 Å². The molecule has 0 saturated carbocycles. The predicted molar refractivity (Wildman–Crippen MR) is 146 cm³/mol. The van der Waals surface area contributed by atoms with E-state index >= 15 is 0 Å². The smallest absolute Gasteiger partial charge is 0.189 e. The first-order valence-electron chi connectivity index (χ1n) is 12.5. The average molecular weight is 520 g/mol. The van der Waals surface area contributed by atoms with Gasteiger partial charge in [0.15, 0.2) is 27.1 Å². The van der Waals surface area contributed by atoms with Crippen molar-refractivity contribution in [3.8, 4) is 34.0 Å². The molecule has 9 heteroatoms. The fourth-order valence-electron chi connectivity index (χ4n) is 3.86. The number of nitrogens with two attached hydrogens (primary N) is 1. The summed E-state index contributed by atoms with van der Waals surface area (Å²) in [5, 5.41) is 7.18. The lowest BCUT2D eigenvalue weighted by Gasteiger charge is -2.09. The molecule has 2 aromatic heterocycles. The van der Waals surface area contributed by atoms with Crippen molar-refractivity contribution in [1.82, 2.24) is 20.4 Å². The molecule has 0 amide bonds. The quantitative estimate of drug-likeness (QED) is 0.249. The second kappa shape index (κ2) is 11.7. The van der Waals surface area contributed by atoms with Crippen LogP contribution >= 0.6 is 0 Å². The van der Waals surface area contributed by atoms with Gasteiger partial charge in [-0.25, -0.2) is 18.4 Å². The first-order chi connectivity index (χ1) is 17.8. The molecule has 0 bridgehead atoms. The molecular weight excluding hydrogens is 486 g/mol. The molecule has 0 aliphatic heterocycles. The van der Waals surface area contributed by atoms with Gasteiger partial charge >= 0.3 is 0 Å². The lowest BCUT2D eigenvalue weighted by atomic mass is 10.1. The van der Waals surface area contributed by atoms with Crippen LogP contribution in [0, 0.1) is 0 Å². The highest BCUT2D eigenvalue weighted by atomic mass is 32.2. The molecule has 0 unspecified atom stereocenters. The molecule has 8 nitrogen and oxygen atoms in total. The van der Waals surface area contributed by atoms with Crippen LogP contribution < -0.4 is 11.1 Å². The predicted octanol–water partition coefficient (Wildman–Crippen LogP) is 5.51. The van der Waals surface area contributed by atoms with E-state index in [1.165, 1.54) is 24.8 Å². The summed E-state index contributed by atoms with van der Waals surface area (Å²) in [6.07, 6.45) is 5.20. The minimum absolute atomic E-state index is 0.218. The number of sulfone groups is 1. The third kappa shape index (κ3) is 6.23. The number of hydrogen-bond donors (Lipinski definition) is 2. The Hall–Kier alpha value is -3.56. The lowest BCUT2D eigenvalue weighted by molar-refractivity contribution is 0.434. The van der Waals surface area contributed by atoms with Gasteiger partial charge in [-0.15, -0.1) is 0 Å². The molecular formula is C28H33N5O3S. The zero-order valence-electron chi connectivity index (χ0n) is 21.4. The molecule has 0 radical (unpaired) electrons. The first-order valence-corrected chi connectivity index (χ1v) is 14.1. The van der Waals surface area contributed by atoms with E-state index in [0.717, 1.165) is 24.2 Å². The summed E-state index contributed by atoms with van der Waals surface area (Å²) >= 11 is 0. The first kappa shape index (κ1) is 26.5. The zero-order valence-corrected chi connectivity index (χ0v) is 22.3. The number of unbranched alkanes of at least 4 members (excludes halogenated alkanes) is 2. The van der Waals surface area contributed by atoms with Crippen LogP contribution in [-0.4, -0.2) is 35.3 Å². The number of hydrogen-bond acceptors (Lipinski definition) is 8. The van der Waals surface area contributed by atoms with Gasteiger partial charge in [-0.1, -0.05) is 61.3 Å². The number of benzene rings is 2. The Morgan fingerprint density at radius 1 is 0.973 bits per heavy atom. The summed E-state index contributed by atoms with van der Waals surface area (Å²) in [4.78, 5) is 9.18. The van der Waals surface area contributed by atoms with Gasteiger partial charge in [-0.3, -0.25) is 0 Å². The van der Waals surface area contributed by atoms with Crippen LogP contribution in [0.3, 0.4) is 0 Å². The second-order valence-corrected chi connectivity index (χ2v) is 11.8. The van der Waals surface area contributed by atoms with Gasteiger partial charge in [0.05, 0.1) is 22.0 Å². The van der Waals surface area contributed by atoms with Crippen molar-refractivity contribution < 1.29 is 12.9 Å². The number of aromatic nitrogens is 3. The second-order valence-electron chi connectivity index (χ2n) is 9.26. The van der Waals surface area contributed by atoms with Gasteiger partial charge in [0.2, 0.25) is 0 Å². The van der Waals surface area contributed by atoms with Crippen molar-refractivity contribution in [3.63, 3.8) is 0 Å². The van der Waals surface area contributed by atoms with Crippen LogP contribution in [0.25, 0.3) is 34.0 Å². The van der Waals surface area contributed by atoms with E-state index < -0.39 is 15.1 Å². The molecule has 3 N–H and O–H groups in total. The third-order valence-electron chi connectivity index (χ3n) is 6.18. The maximum absolute atomic E-state index is 12.4. The van der Waals surface area contributed by atoms with Crippen LogP contribution in [0.15, 0.2) is 70.2 Å². The van der Waals surface area contributed by atoms with Gasteiger partial charge in [-0.2, -0.15) is 0 Å². The Bertz CT molecular complexity index is 1430. The maximum atomic E-state index is 12.4.